The molecule has 2 N–H and O–H groups in total. The first-order valence-electron chi connectivity index (χ1n) is 12.4. The average Bonchev–Trinajstić information content (AvgIpc) is 3.70. The Balaban J connectivity index is 1.25. The van der Waals surface area contributed by atoms with Crippen LogP contribution in [0.3, 0.4) is 0 Å². The van der Waals surface area contributed by atoms with E-state index in [2.05, 4.69) is 25.6 Å². The molecule has 42 heavy (non-hydrogen) atoms. The summed E-state index contributed by atoms with van der Waals surface area (Å²) in [6, 6.07) is 15.5. The summed E-state index contributed by atoms with van der Waals surface area (Å²) >= 11 is 2.53. The molecule has 214 valence electrons. The van der Waals surface area contributed by atoms with E-state index in [9.17, 15) is 9.59 Å². The highest BCUT2D eigenvalue weighted by Gasteiger charge is 2.17. The van der Waals surface area contributed by atoms with Crippen LogP contribution in [0.5, 0.6) is 23.0 Å². The van der Waals surface area contributed by atoms with Crippen LogP contribution in [0.25, 0.3) is 22.5 Å². The molecule has 0 atom stereocenters. The van der Waals surface area contributed by atoms with Crippen molar-refractivity contribution in [1.82, 2.24) is 15.0 Å². The zero-order valence-electron chi connectivity index (χ0n) is 23.0. The second kappa shape index (κ2) is 12.7. The Bertz CT molecular complexity index is 1630. The van der Waals surface area contributed by atoms with E-state index < -0.39 is 11.8 Å². The van der Waals surface area contributed by atoms with Gasteiger partial charge in [-0.1, -0.05) is 6.07 Å². The molecule has 11 nitrogen and oxygen atoms in total. The molecule has 2 aromatic carbocycles. The number of rotatable bonds is 10. The van der Waals surface area contributed by atoms with E-state index >= 15 is 0 Å². The van der Waals surface area contributed by atoms with Gasteiger partial charge in [0.2, 0.25) is 0 Å². The minimum Gasteiger partial charge on any atom is -0.493 e. The molecule has 0 aliphatic heterocycles. The fourth-order valence-electron chi connectivity index (χ4n) is 3.93. The monoisotopic (exact) mass is 603 g/mol. The molecule has 2 amide bonds. The molecule has 0 saturated heterocycles. The van der Waals surface area contributed by atoms with Crippen LogP contribution in [-0.2, 0) is 0 Å². The maximum absolute atomic E-state index is 12.9. The normalized spacial score (nSPS) is 10.6. The number of anilines is 2. The Morgan fingerprint density at radius 3 is 1.43 bits per heavy atom. The summed E-state index contributed by atoms with van der Waals surface area (Å²) in [5, 5.41) is 9.89. The third kappa shape index (κ3) is 6.16. The summed E-state index contributed by atoms with van der Waals surface area (Å²) in [7, 11) is 6.25. The molecule has 0 saturated carbocycles. The van der Waals surface area contributed by atoms with Gasteiger partial charge in [-0.15, -0.1) is 22.7 Å². The molecule has 0 aliphatic rings. The van der Waals surface area contributed by atoms with Crippen molar-refractivity contribution in [2.45, 2.75) is 0 Å². The highest BCUT2D eigenvalue weighted by molar-refractivity contribution is 7.14. The number of hydrogen-bond acceptors (Lipinski definition) is 11. The smallest absolute Gasteiger partial charge is 0.276 e. The Hall–Kier alpha value is -5.01. The lowest BCUT2D eigenvalue weighted by Crippen LogP contribution is -2.18. The van der Waals surface area contributed by atoms with Crippen molar-refractivity contribution < 1.29 is 28.5 Å². The Labute approximate surface area is 249 Å². The summed E-state index contributed by atoms with van der Waals surface area (Å²) in [6.45, 7) is 0. The van der Waals surface area contributed by atoms with Gasteiger partial charge < -0.3 is 18.9 Å². The maximum Gasteiger partial charge on any atom is 0.276 e. The second-order valence-corrected chi connectivity index (χ2v) is 10.2. The first-order valence-corrected chi connectivity index (χ1v) is 14.1. The Morgan fingerprint density at radius 2 is 1.02 bits per heavy atom. The Morgan fingerprint density at radius 1 is 0.595 bits per heavy atom. The van der Waals surface area contributed by atoms with E-state index in [1.165, 1.54) is 34.8 Å². The van der Waals surface area contributed by atoms with E-state index in [4.69, 9.17) is 18.9 Å². The lowest BCUT2D eigenvalue weighted by atomic mass is 10.1. The van der Waals surface area contributed by atoms with Gasteiger partial charge in [0.1, 0.15) is 11.4 Å². The fourth-order valence-corrected chi connectivity index (χ4v) is 5.36. The summed E-state index contributed by atoms with van der Waals surface area (Å²) in [5.74, 6) is 1.36. The number of carbonyl (C=O) groups excluding carboxylic acids is 2. The van der Waals surface area contributed by atoms with E-state index in [0.29, 0.717) is 44.6 Å². The van der Waals surface area contributed by atoms with Crippen LogP contribution in [0.4, 0.5) is 10.3 Å². The highest BCUT2D eigenvalue weighted by atomic mass is 32.1. The van der Waals surface area contributed by atoms with Crippen LogP contribution < -0.4 is 29.6 Å². The van der Waals surface area contributed by atoms with Crippen LogP contribution in [0, 0.1) is 0 Å². The second-order valence-electron chi connectivity index (χ2n) is 8.53. The quantitative estimate of drug-likeness (QED) is 0.201. The molecule has 0 bridgehead atoms. The minimum atomic E-state index is -0.497. The number of methoxy groups -OCH3 is 4. The fraction of sp³-hybridized carbons (Fsp3) is 0.138. The lowest BCUT2D eigenvalue weighted by Gasteiger charge is -2.08. The van der Waals surface area contributed by atoms with Crippen molar-refractivity contribution in [3.63, 3.8) is 0 Å². The number of hydrogen-bond donors (Lipinski definition) is 2. The number of aromatic nitrogens is 3. The topological polar surface area (TPSA) is 134 Å². The third-order valence-corrected chi connectivity index (χ3v) is 7.54. The van der Waals surface area contributed by atoms with Gasteiger partial charge in [-0.2, -0.15) is 0 Å². The van der Waals surface area contributed by atoms with Crippen LogP contribution in [-0.4, -0.2) is 55.2 Å². The minimum absolute atomic E-state index is 0.0654. The third-order valence-electron chi connectivity index (χ3n) is 6.02. The van der Waals surface area contributed by atoms with Crippen LogP contribution in [0.15, 0.2) is 65.4 Å². The largest absolute Gasteiger partial charge is 0.493 e. The predicted molar refractivity (Wildman–Crippen MR) is 161 cm³/mol. The van der Waals surface area contributed by atoms with Gasteiger partial charge in [0.25, 0.3) is 11.8 Å². The number of pyridine rings is 1. The van der Waals surface area contributed by atoms with Crippen LogP contribution in [0.1, 0.15) is 21.0 Å². The van der Waals surface area contributed by atoms with Crippen molar-refractivity contribution in [2.24, 2.45) is 0 Å². The van der Waals surface area contributed by atoms with E-state index in [1.54, 1.807) is 46.6 Å². The number of nitrogens with one attached hydrogen (secondary N) is 2. The average molecular weight is 604 g/mol. The number of amides is 2. The molecular formula is C29H25N5O6S2. The number of ether oxygens (including phenoxy) is 4. The van der Waals surface area contributed by atoms with Crippen molar-refractivity contribution in [3.05, 3.63) is 76.7 Å². The first-order chi connectivity index (χ1) is 20.4. The molecule has 0 fully saturated rings. The summed E-state index contributed by atoms with van der Waals surface area (Å²) in [4.78, 5) is 39.1. The van der Waals surface area contributed by atoms with Gasteiger partial charge in [0, 0.05) is 21.9 Å². The number of thiazole rings is 2. The maximum atomic E-state index is 12.9. The van der Waals surface area contributed by atoms with Crippen molar-refractivity contribution >= 4 is 44.8 Å². The summed E-state index contributed by atoms with van der Waals surface area (Å²) < 4.78 is 21.3. The zero-order valence-corrected chi connectivity index (χ0v) is 24.6. The van der Waals surface area contributed by atoms with E-state index in [-0.39, 0.29) is 11.4 Å². The molecule has 5 rings (SSSR count). The molecule has 0 radical (unpaired) electrons. The zero-order chi connectivity index (χ0) is 29.6. The van der Waals surface area contributed by atoms with Gasteiger partial charge in [-0.3, -0.25) is 20.2 Å². The molecular weight excluding hydrogens is 578 g/mol. The van der Waals surface area contributed by atoms with E-state index in [0.717, 1.165) is 11.1 Å². The molecule has 5 aromatic rings. The van der Waals surface area contributed by atoms with Crippen LogP contribution in [0.2, 0.25) is 0 Å². The number of benzene rings is 2. The predicted octanol–water partition coefficient (Wildman–Crippen LogP) is 5.87. The number of nitrogens with zero attached hydrogens (tertiary/aromatic N) is 3. The molecule has 0 unspecified atom stereocenters. The van der Waals surface area contributed by atoms with Crippen molar-refractivity contribution in [2.75, 3.05) is 39.1 Å². The molecule has 0 spiro atoms. The van der Waals surface area contributed by atoms with Crippen molar-refractivity contribution in [3.8, 4) is 45.5 Å². The molecule has 0 aliphatic carbocycles. The molecule has 13 heteroatoms. The summed E-state index contributed by atoms with van der Waals surface area (Å²) in [6.07, 6.45) is 0. The van der Waals surface area contributed by atoms with Crippen LogP contribution >= 0.6 is 22.7 Å². The standard InChI is InChI=1S/C29H25N5O6S2/c1-37-22-10-8-16(12-24(22)39-3)20-14-41-28(31-20)33-26(35)18-6-5-7-19(30-18)27(36)34-29-32-21(15-42-29)17-9-11-23(38-2)25(13-17)40-4/h5-15H,1-4H3,(H,31,33,35)(H,32,34,36). The van der Waals surface area contributed by atoms with Gasteiger partial charge in [0.15, 0.2) is 33.3 Å². The van der Waals surface area contributed by atoms with Gasteiger partial charge in [0.05, 0.1) is 39.8 Å². The molecule has 3 heterocycles. The van der Waals surface area contributed by atoms with Crippen molar-refractivity contribution in [1.29, 1.82) is 0 Å². The summed E-state index contributed by atoms with van der Waals surface area (Å²) in [5.41, 5.74) is 3.06. The van der Waals surface area contributed by atoms with Gasteiger partial charge in [-0.25, -0.2) is 15.0 Å². The number of carbonyl (C=O) groups is 2. The van der Waals surface area contributed by atoms with E-state index in [1.807, 2.05) is 35.0 Å². The SMILES string of the molecule is COc1ccc(-c2csc(NC(=O)c3cccc(C(=O)Nc4nc(-c5ccc(OC)c(OC)c5)cs4)n3)n2)cc1OC. The molecule has 3 aromatic heterocycles. The van der Waals surface area contributed by atoms with Gasteiger partial charge >= 0.3 is 0 Å². The highest BCUT2D eigenvalue weighted by Crippen LogP contribution is 2.35. The Kier molecular flexibility index (Phi) is 8.60. The first kappa shape index (κ1) is 28.5. The lowest BCUT2D eigenvalue weighted by molar-refractivity contribution is 0.101. The van der Waals surface area contributed by atoms with Gasteiger partial charge in [-0.05, 0) is 48.5 Å².